The van der Waals surface area contributed by atoms with Crippen molar-refractivity contribution in [3.8, 4) is 0 Å². The van der Waals surface area contributed by atoms with Gasteiger partial charge >= 0.3 is 0 Å². The summed E-state index contributed by atoms with van der Waals surface area (Å²) in [7, 11) is 0. The Labute approximate surface area is 87.0 Å². The summed E-state index contributed by atoms with van der Waals surface area (Å²) in [6, 6.07) is 0. The Balaban J connectivity index is 2.75. The third-order valence-corrected chi connectivity index (χ3v) is 3.33. The van der Waals surface area contributed by atoms with E-state index >= 15 is 0 Å². The van der Waals surface area contributed by atoms with Crippen LogP contribution in [0.1, 0.15) is 52.9 Å². The highest BCUT2D eigenvalue weighted by molar-refractivity contribution is 5.88. The van der Waals surface area contributed by atoms with Gasteiger partial charge < -0.3 is 4.74 Å². The molecule has 0 aromatic carbocycles. The Bertz CT molecular complexity index is 200. The predicted molar refractivity (Wildman–Crippen MR) is 57.3 cm³/mol. The summed E-state index contributed by atoms with van der Waals surface area (Å²) < 4.78 is 5.77. The SMILES string of the molecule is CCCC(=O)C1(OCC)CCCC1C. The molecule has 2 unspecified atom stereocenters. The molecule has 0 heterocycles. The highest BCUT2D eigenvalue weighted by Crippen LogP contribution is 2.40. The first kappa shape index (κ1) is 11.7. The van der Waals surface area contributed by atoms with E-state index in [0.29, 0.717) is 24.7 Å². The molecule has 0 aromatic heterocycles. The second-order valence-electron chi connectivity index (χ2n) is 4.29. The zero-order valence-corrected chi connectivity index (χ0v) is 9.64. The first-order valence-corrected chi connectivity index (χ1v) is 5.84. The van der Waals surface area contributed by atoms with E-state index in [4.69, 9.17) is 4.74 Å². The molecular formula is C12H22O2. The molecule has 0 amide bonds. The van der Waals surface area contributed by atoms with Crippen molar-refractivity contribution in [3.05, 3.63) is 0 Å². The monoisotopic (exact) mass is 198 g/mol. The number of rotatable bonds is 5. The molecule has 1 aliphatic rings. The molecule has 0 spiro atoms. The van der Waals surface area contributed by atoms with Gasteiger partial charge in [0.05, 0.1) is 0 Å². The Morgan fingerprint density at radius 3 is 2.64 bits per heavy atom. The topological polar surface area (TPSA) is 26.3 Å². The van der Waals surface area contributed by atoms with Crippen molar-refractivity contribution in [3.63, 3.8) is 0 Å². The van der Waals surface area contributed by atoms with E-state index in [9.17, 15) is 4.79 Å². The minimum Gasteiger partial charge on any atom is -0.367 e. The highest BCUT2D eigenvalue weighted by Gasteiger charge is 2.46. The molecule has 2 atom stereocenters. The van der Waals surface area contributed by atoms with E-state index in [-0.39, 0.29) is 0 Å². The van der Waals surface area contributed by atoms with E-state index < -0.39 is 5.60 Å². The molecule has 1 aliphatic carbocycles. The van der Waals surface area contributed by atoms with Crippen LogP contribution in [0.3, 0.4) is 0 Å². The van der Waals surface area contributed by atoms with Crippen LogP contribution in [-0.2, 0) is 9.53 Å². The lowest BCUT2D eigenvalue weighted by Crippen LogP contribution is -2.44. The summed E-state index contributed by atoms with van der Waals surface area (Å²) in [5.41, 5.74) is -0.426. The number of Topliss-reactive ketones (excluding diaryl/α,β-unsaturated/α-hetero) is 1. The third-order valence-electron chi connectivity index (χ3n) is 3.33. The van der Waals surface area contributed by atoms with Crippen LogP contribution in [-0.4, -0.2) is 18.0 Å². The third kappa shape index (κ3) is 2.00. The molecule has 2 nitrogen and oxygen atoms in total. The van der Waals surface area contributed by atoms with Gasteiger partial charge in [-0.25, -0.2) is 0 Å². The second-order valence-corrected chi connectivity index (χ2v) is 4.29. The maximum Gasteiger partial charge on any atom is 0.164 e. The van der Waals surface area contributed by atoms with Crippen molar-refractivity contribution in [2.24, 2.45) is 5.92 Å². The van der Waals surface area contributed by atoms with Gasteiger partial charge in [0.15, 0.2) is 5.78 Å². The molecule has 14 heavy (non-hydrogen) atoms. The van der Waals surface area contributed by atoms with Gasteiger partial charge in [-0.15, -0.1) is 0 Å². The summed E-state index contributed by atoms with van der Waals surface area (Å²) >= 11 is 0. The van der Waals surface area contributed by atoms with E-state index in [1.165, 1.54) is 0 Å². The van der Waals surface area contributed by atoms with Crippen molar-refractivity contribution in [1.29, 1.82) is 0 Å². The molecule has 0 saturated heterocycles. The Morgan fingerprint density at radius 2 is 2.21 bits per heavy atom. The Morgan fingerprint density at radius 1 is 1.50 bits per heavy atom. The lowest BCUT2D eigenvalue weighted by molar-refractivity contribution is -0.148. The molecular weight excluding hydrogens is 176 g/mol. The van der Waals surface area contributed by atoms with Crippen LogP contribution >= 0.6 is 0 Å². The van der Waals surface area contributed by atoms with Gasteiger partial charge in [0, 0.05) is 13.0 Å². The second kappa shape index (κ2) is 4.92. The minimum absolute atomic E-state index is 0.326. The zero-order valence-electron chi connectivity index (χ0n) is 9.64. The zero-order chi connectivity index (χ0) is 10.6. The molecule has 0 aliphatic heterocycles. The number of hydrogen-bond donors (Lipinski definition) is 0. The summed E-state index contributed by atoms with van der Waals surface area (Å²) in [5.74, 6) is 0.730. The summed E-state index contributed by atoms with van der Waals surface area (Å²) in [6.45, 7) is 6.83. The van der Waals surface area contributed by atoms with Crippen molar-refractivity contribution >= 4 is 5.78 Å². The molecule has 0 aromatic rings. The van der Waals surface area contributed by atoms with Gasteiger partial charge in [0.1, 0.15) is 5.60 Å². The quantitative estimate of drug-likeness (QED) is 0.679. The van der Waals surface area contributed by atoms with Gasteiger partial charge in [0.25, 0.3) is 0 Å². The number of carbonyl (C=O) groups excluding carboxylic acids is 1. The van der Waals surface area contributed by atoms with Crippen molar-refractivity contribution in [2.75, 3.05) is 6.61 Å². The van der Waals surface area contributed by atoms with Gasteiger partial charge in [-0.1, -0.05) is 13.8 Å². The maximum absolute atomic E-state index is 12.0. The van der Waals surface area contributed by atoms with Crippen molar-refractivity contribution < 1.29 is 9.53 Å². The molecule has 1 rings (SSSR count). The van der Waals surface area contributed by atoms with Crippen LogP contribution in [0.2, 0.25) is 0 Å². The lowest BCUT2D eigenvalue weighted by Gasteiger charge is -2.32. The fourth-order valence-corrected chi connectivity index (χ4v) is 2.56. The molecule has 1 fully saturated rings. The summed E-state index contributed by atoms with van der Waals surface area (Å²) in [4.78, 5) is 12.0. The van der Waals surface area contributed by atoms with E-state index in [2.05, 4.69) is 13.8 Å². The number of ether oxygens (including phenoxy) is 1. The van der Waals surface area contributed by atoms with Crippen LogP contribution in [0.15, 0.2) is 0 Å². The summed E-state index contributed by atoms with van der Waals surface area (Å²) in [5, 5.41) is 0. The van der Waals surface area contributed by atoms with Crippen molar-refractivity contribution in [1.82, 2.24) is 0 Å². The van der Waals surface area contributed by atoms with Crippen LogP contribution in [0, 0.1) is 5.92 Å². The van der Waals surface area contributed by atoms with Crippen LogP contribution < -0.4 is 0 Å². The maximum atomic E-state index is 12.0. The standard InChI is InChI=1S/C12H22O2/c1-4-7-11(13)12(14-5-2)9-6-8-10(12)3/h10H,4-9H2,1-3H3. The van der Waals surface area contributed by atoms with Gasteiger partial charge in [0.2, 0.25) is 0 Å². The van der Waals surface area contributed by atoms with Crippen molar-refractivity contribution in [2.45, 2.75) is 58.5 Å². The lowest BCUT2D eigenvalue weighted by atomic mass is 9.85. The van der Waals surface area contributed by atoms with Gasteiger partial charge in [-0.3, -0.25) is 4.79 Å². The molecule has 0 bridgehead atoms. The average molecular weight is 198 g/mol. The van der Waals surface area contributed by atoms with Crippen LogP contribution in [0.5, 0.6) is 0 Å². The molecule has 1 saturated carbocycles. The van der Waals surface area contributed by atoms with Gasteiger partial charge in [-0.2, -0.15) is 0 Å². The van der Waals surface area contributed by atoms with Crippen LogP contribution in [0.25, 0.3) is 0 Å². The number of ketones is 1. The molecule has 0 radical (unpaired) electrons. The number of carbonyl (C=O) groups is 1. The van der Waals surface area contributed by atoms with E-state index in [1.54, 1.807) is 0 Å². The molecule has 2 heteroatoms. The smallest absolute Gasteiger partial charge is 0.164 e. The molecule has 82 valence electrons. The Hall–Kier alpha value is -0.370. The van der Waals surface area contributed by atoms with Crippen LogP contribution in [0.4, 0.5) is 0 Å². The fourth-order valence-electron chi connectivity index (χ4n) is 2.56. The minimum atomic E-state index is -0.426. The highest BCUT2D eigenvalue weighted by atomic mass is 16.5. The Kier molecular flexibility index (Phi) is 4.11. The average Bonchev–Trinajstić information content (AvgIpc) is 2.50. The fraction of sp³-hybridized carbons (Fsp3) is 0.917. The largest absolute Gasteiger partial charge is 0.367 e. The number of hydrogen-bond acceptors (Lipinski definition) is 2. The first-order valence-electron chi connectivity index (χ1n) is 5.84. The predicted octanol–water partition coefficient (Wildman–Crippen LogP) is 2.95. The summed E-state index contributed by atoms with van der Waals surface area (Å²) in [6.07, 6.45) is 4.80. The van der Waals surface area contributed by atoms with E-state index in [1.807, 2.05) is 6.92 Å². The van der Waals surface area contributed by atoms with E-state index in [0.717, 1.165) is 25.7 Å². The normalized spacial score (nSPS) is 32.1. The first-order chi connectivity index (χ1) is 6.67. The molecule has 0 N–H and O–H groups in total. The van der Waals surface area contributed by atoms with Gasteiger partial charge in [-0.05, 0) is 38.5 Å².